The first-order valence-electron chi connectivity index (χ1n) is 4.12. The van der Waals surface area contributed by atoms with Crippen molar-refractivity contribution in [1.29, 1.82) is 0 Å². The van der Waals surface area contributed by atoms with Gasteiger partial charge in [0.1, 0.15) is 5.56 Å². The lowest BCUT2D eigenvalue weighted by molar-refractivity contribution is -0.390. The van der Waals surface area contributed by atoms with Crippen LogP contribution in [0.25, 0.3) is 0 Å². The van der Waals surface area contributed by atoms with E-state index in [0.717, 1.165) is 7.11 Å². The topological polar surface area (TPSA) is 103 Å². The Morgan fingerprint density at radius 3 is 2.65 bits per heavy atom. The van der Waals surface area contributed by atoms with E-state index in [4.69, 9.17) is 0 Å². The van der Waals surface area contributed by atoms with Crippen LogP contribution in [0.2, 0.25) is 0 Å². The van der Waals surface area contributed by atoms with Crippen LogP contribution in [0.4, 0.5) is 14.6 Å². The molecular formula is C8H6F2N2O5. The number of ether oxygens (including phenoxy) is 1. The third-order valence-corrected chi connectivity index (χ3v) is 1.87. The van der Waals surface area contributed by atoms with Crippen molar-refractivity contribution in [3.63, 3.8) is 0 Å². The first-order chi connectivity index (χ1) is 7.90. The Morgan fingerprint density at radius 1 is 1.65 bits per heavy atom. The number of rotatable bonds is 3. The number of hydrogen-bond acceptors (Lipinski definition) is 6. The van der Waals surface area contributed by atoms with E-state index in [0.29, 0.717) is 6.20 Å². The van der Waals surface area contributed by atoms with E-state index in [1.807, 2.05) is 0 Å². The Labute approximate surface area is 92.8 Å². The van der Waals surface area contributed by atoms with Crippen molar-refractivity contribution in [2.45, 2.75) is 6.43 Å². The number of nitrogens with zero attached hydrogens (tertiary/aromatic N) is 2. The van der Waals surface area contributed by atoms with Gasteiger partial charge in [0.05, 0.1) is 12.7 Å². The lowest BCUT2D eigenvalue weighted by Gasteiger charge is -2.07. The summed E-state index contributed by atoms with van der Waals surface area (Å²) in [6.07, 6.45) is -2.71. The average Bonchev–Trinajstić information content (AvgIpc) is 2.26. The number of nitro groups is 1. The van der Waals surface area contributed by atoms with Gasteiger partial charge in [-0.2, -0.15) is 0 Å². The van der Waals surface area contributed by atoms with E-state index in [1.54, 1.807) is 0 Å². The highest BCUT2D eigenvalue weighted by Crippen LogP contribution is 2.36. The predicted molar refractivity (Wildman–Crippen MR) is 48.9 cm³/mol. The van der Waals surface area contributed by atoms with Gasteiger partial charge in [0.2, 0.25) is 5.75 Å². The van der Waals surface area contributed by atoms with Gasteiger partial charge in [0, 0.05) is 0 Å². The Balaban J connectivity index is 3.50. The molecule has 92 valence electrons. The third-order valence-electron chi connectivity index (χ3n) is 1.87. The molecule has 0 saturated heterocycles. The van der Waals surface area contributed by atoms with Gasteiger partial charge in [-0.1, -0.05) is 0 Å². The molecule has 0 radical (unpaired) electrons. The van der Waals surface area contributed by atoms with Crippen molar-refractivity contribution in [1.82, 2.24) is 4.98 Å². The molecule has 1 aromatic heterocycles. The largest absolute Gasteiger partial charge is 0.501 e. The number of aromatic nitrogens is 1. The Hall–Kier alpha value is -2.32. The van der Waals surface area contributed by atoms with Gasteiger partial charge in [0.25, 0.3) is 6.43 Å². The standard InChI is InChI=1S/C8H6F2N2O5/c1-17-8(14)3-2-11-7(12(15)16)5(13)4(3)6(9)10/h2,6,13H,1H3. The SMILES string of the molecule is COC(=O)c1cnc([N+](=O)[O-])c(O)c1C(F)F. The normalized spacial score (nSPS) is 10.4. The van der Waals surface area contributed by atoms with Crippen LogP contribution in [0.1, 0.15) is 22.3 Å². The summed E-state index contributed by atoms with van der Waals surface area (Å²) in [5.41, 5.74) is -1.89. The highest BCUT2D eigenvalue weighted by atomic mass is 19.3. The molecule has 0 bridgehead atoms. The maximum atomic E-state index is 12.6. The molecule has 0 unspecified atom stereocenters. The van der Waals surface area contributed by atoms with Crippen LogP contribution in [-0.4, -0.2) is 28.1 Å². The summed E-state index contributed by atoms with van der Waals surface area (Å²) in [7, 11) is 0.941. The van der Waals surface area contributed by atoms with E-state index in [-0.39, 0.29) is 0 Å². The number of aromatic hydroxyl groups is 1. The van der Waals surface area contributed by atoms with Crippen LogP contribution < -0.4 is 0 Å². The Kier molecular flexibility index (Phi) is 3.51. The minimum absolute atomic E-state index is 0.561. The molecule has 1 N–H and O–H groups in total. The summed E-state index contributed by atoms with van der Waals surface area (Å²) in [5.74, 6) is -3.65. The van der Waals surface area contributed by atoms with Crippen LogP contribution in [0.15, 0.2) is 6.20 Å². The third kappa shape index (κ3) is 2.27. The molecule has 0 fully saturated rings. The second-order valence-corrected chi connectivity index (χ2v) is 2.81. The van der Waals surface area contributed by atoms with Gasteiger partial charge in [-0.25, -0.2) is 13.6 Å². The molecule has 1 rings (SSSR count). The van der Waals surface area contributed by atoms with Gasteiger partial charge in [-0.15, -0.1) is 0 Å². The summed E-state index contributed by atoms with van der Waals surface area (Å²) in [4.78, 5) is 23.4. The molecular weight excluding hydrogens is 242 g/mol. The van der Waals surface area contributed by atoms with E-state index in [1.165, 1.54) is 0 Å². The monoisotopic (exact) mass is 248 g/mol. The average molecular weight is 248 g/mol. The fourth-order valence-electron chi connectivity index (χ4n) is 1.13. The molecule has 9 heteroatoms. The van der Waals surface area contributed by atoms with Crippen LogP contribution >= 0.6 is 0 Å². The van der Waals surface area contributed by atoms with Gasteiger partial charge < -0.3 is 20.0 Å². The minimum atomic E-state index is -3.27. The smallest absolute Gasteiger partial charge is 0.406 e. The van der Waals surface area contributed by atoms with Crippen molar-refractivity contribution < 1.29 is 28.3 Å². The number of carbonyl (C=O) groups is 1. The first-order valence-corrected chi connectivity index (χ1v) is 4.12. The van der Waals surface area contributed by atoms with Gasteiger partial charge >= 0.3 is 11.8 Å². The van der Waals surface area contributed by atoms with Crippen molar-refractivity contribution in [2.24, 2.45) is 0 Å². The Morgan fingerprint density at radius 2 is 2.24 bits per heavy atom. The zero-order valence-corrected chi connectivity index (χ0v) is 8.39. The van der Waals surface area contributed by atoms with Crippen LogP contribution in [-0.2, 0) is 4.74 Å². The number of hydrogen-bond donors (Lipinski definition) is 1. The second-order valence-electron chi connectivity index (χ2n) is 2.81. The molecule has 17 heavy (non-hydrogen) atoms. The molecule has 0 aromatic carbocycles. The Bertz CT molecular complexity index is 477. The number of carbonyl (C=O) groups excluding carboxylic acids is 1. The summed E-state index contributed by atoms with van der Waals surface area (Å²) in [5, 5.41) is 19.6. The highest BCUT2D eigenvalue weighted by molar-refractivity contribution is 5.92. The second kappa shape index (κ2) is 4.68. The van der Waals surface area contributed by atoms with Crippen molar-refractivity contribution in [2.75, 3.05) is 7.11 Å². The van der Waals surface area contributed by atoms with Crippen LogP contribution in [0, 0.1) is 10.1 Å². The van der Waals surface area contributed by atoms with E-state index in [9.17, 15) is 28.8 Å². The van der Waals surface area contributed by atoms with E-state index >= 15 is 0 Å². The molecule has 0 spiro atoms. The number of alkyl halides is 2. The zero-order valence-electron chi connectivity index (χ0n) is 8.39. The number of pyridine rings is 1. The van der Waals surface area contributed by atoms with Crippen molar-refractivity contribution in [3.05, 3.63) is 27.4 Å². The summed E-state index contributed by atoms with van der Waals surface area (Å²) < 4.78 is 29.4. The minimum Gasteiger partial charge on any atom is -0.501 e. The predicted octanol–water partition coefficient (Wildman–Crippen LogP) is 1.42. The number of halogens is 2. The lowest BCUT2D eigenvalue weighted by Crippen LogP contribution is -2.09. The molecule has 0 saturated carbocycles. The molecule has 1 heterocycles. The van der Waals surface area contributed by atoms with Crippen LogP contribution in [0.3, 0.4) is 0 Å². The quantitative estimate of drug-likeness (QED) is 0.493. The van der Waals surface area contributed by atoms with Crippen molar-refractivity contribution >= 4 is 11.8 Å². The maximum Gasteiger partial charge on any atom is 0.406 e. The first kappa shape index (κ1) is 12.7. The van der Waals surface area contributed by atoms with Gasteiger partial charge in [0.15, 0.2) is 6.20 Å². The number of methoxy groups -OCH3 is 1. The fraction of sp³-hybridized carbons (Fsp3) is 0.250. The van der Waals surface area contributed by atoms with Crippen LogP contribution in [0.5, 0.6) is 5.75 Å². The molecule has 0 aliphatic heterocycles. The molecule has 0 amide bonds. The van der Waals surface area contributed by atoms with E-state index in [2.05, 4.69) is 9.72 Å². The number of esters is 1. The van der Waals surface area contributed by atoms with Gasteiger partial charge in [-0.3, -0.25) is 0 Å². The molecule has 0 aliphatic rings. The van der Waals surface area contributed by atoms with E-state index < -0.39 is 40.0 Å². The fourth-order valence-corrected chi connectivity index (χ4v) is 1.13. The molecule has 0 aliphatic carbocycles. The lowest BCUT2D eigenvalue weighted by atomic mass is 10.1. The molecule has 7 nitrogen and oxygen atoms in total. The van der Waals surface area contributed by atoms with Crippen molar-refractivity contribution in [3.8, 4) is 5.75 Å². The zero-order chi connectivity index (χ0) is 13.2. The highest BCUT2D eigenvalue weighted by Gasteiger charge is 2.31. The molecule has 0 atom stereocenters. The van der Waals surface area contributed by atoms with Gasteiger partial charge in [-0.05, 0) is 9.91 Å². The maximum absolute atomic E-state index is 12.6. The summed E-state index contributed by atoms with van der Waals surface area (Å²) in [6, 6.07) is 0. The molecule has 1 aromatic rings. The summed E-state index contributed by atoms with van der Waals surface area (Å²) in [6.45, 7) is 0. The summed E-state index contributed by atoms with van der Waals surface area (Å²) >= 11 is 0.